The van der Waals surface area contributed by atoms with Crippen LogP contribution in [-0.2, 0) is 4.79 Å². The molecule has 2 N–H and O–H groups in total. The number of carbonyl (C=O) groups is 2. The van der Waals surface area contributed by atoms with E-state index < -0.39 is 0 Å². The Morgan fingerprint density at radius 1 is 1.14 bits per heavy atom. The predicted octanol–water partition coefficient (Wildman–Crippen LogP) is 2.14. The second-order valence-corrected chi connectivity index (χ2v) is 7.99. The number of amides is 3. The maximum atomic E-state index is 12.3. The van der Waals surface area contributed by atoms with Crippen LogP contribution in [0, 0.1) is 0 Å². The summed E-state index contributed by atoms with van der Waals surface area (Å²) in [4.78, 5) is 28.3. The van der Waals surface area contributed by atoms with Crippen LogP contribution in [-0.4, -0.2) is 66.9 Å². The zero-order chi connectivity index (χ0) is 20.8. The lowest BCUT2D eigenvalue weighted by molar-refractivity contribution is -0.115. The Labute approximate surface area is 174 Å². The van der Waals surface area contributed by atoms with Crippen molar-refractivity contribution in [1.29, 1.82) is 0 Å². The number of methoxy groups -OCH3 is 1. The third-order valence-corrected chi connectivity index (χ3v) is 5.72. The SMILES string of the molecule is COc1ccc(N2CCN(C(=O)NCC(=O)Nc3nnc(C(C)C)s3)CC2)cc1. The molecule has 29 heavy (non-hydrogen) atoms. The summed E-state index contributed by atoms with van der Waals surface area (Å²) in [5.41, 5.74) is 1.10. The van der Waals surface area contributed by atoms with Gasteiger partial charge in [-0.2, -0.15) is 0 Å². The van der Waals surface area contributed by atoms with Gasteiger partial charge in [0.2, 0.25) is 11.0 Å². The molecular weight excluding hydrogens is 392 g/mol. The Kier molecular flexibility index (Phi) is 6.86. The zero-order valence-electron chi connectivity index (χ0n) is 16.8. The number of nitrogens with zero attached hydrogens (tertiary/aromatic N) is 4. The topological polar surface area (TPSA) is 99.7 Å². The van der Waals surface area contributed by atoms with Gasteiger partial charge in [-0.05, 0) is 24.3 Å². The van der Waals surface area contributed by atoms with Crippen molar-refractivity contribution >= 4 is 34.1 Å². The molecule has 3 rings (SSSR count). The quantitative estimate of drug-likeness (QED) is 0.746. The molecule has 0 saturated carbocycles. The monoisotopic (exact) mass is 418 g/mol. The molecule has 156 valence electrons. The number of carbonyl (C=O) groups excluding carboxylic acids is 2. The minimum atomic E-state index is -0.318. The lowest BCUT2D eigenvalue weighted by atomic mass is 10.2. The van der Waals surface area contributed by atoms with Crippen LogP contribution in [0.3, 0.4) is 0 Å². The first-order valence-corrected chi connectivity index (χ1v) is 10.3. The number of hydrogen-bond acceptors (Lipinski definition) is 7. The van der Waals surface area contributed by atoms with Gasteiger partial charge in [0.05, 0.1) is 13.7 Å². The number of hydrogen-bond donors (Lipinski definition) is 2. The lowest BCUT2D eigenvalue weighted by Crippen LogP contribution is -2.52. The number of ether oxygens (including phenoxy) is 1. The first kappa shape index (κ1) is 20.8. The number of rotatable bonds is 6. The maximum absolute atomic E-state index is 12.3. The van der Waals surface area contributed by atoms with Crippen molar-refractivity contribution in [1.82, 2.24) is 20.4 Å². The number of piperazine rings is 1. The fourth-order valence-corrected chi connectivity index (χ4v) is 3.67. The van der Waals surface area contributed by atoms with Gasteiger partial charge in [0, 0.05) is 37.8 Å². The summed E-state index contributed by atoms with van der Waals surface area (Å²) in [6.07, 6.45) is 0. The molecule has 10 heteroatoms. The smallest absolute Gasteiger partial charge is 0.317 e. The molecule has 0 spiro atoms. The van der Waals surface area contributed by atoms with Crippen molar-refractivity contribution in [2.45, 2.75) is 19.8 Å². The van der Waals surface area contributed by atoms with Crippen molar-refractivity contribution < 1.29 is 14.3 Å². The Balaban J connectivity index is 1.41. The lowest BCUT2D eigenvalue weighted by Gasteiger charge is -2.36. The van der Waals surface area contributed by atoms with E-state index >= 15 is 0 Å². The molecular formula is C19H26N6O3S. The summed E-state index contributed by atoms with van der Waals surface area (Å²) in [6, 6.07) is 7.63. The Bertz CT molecular complexity index is 831. The molecule has 1 aliphatic heterocycles. The fourth-order valence-electron chi connectivity index (χ4n) is 2.91. The van der Waals surface area contributed by atoms with Gasteiger partial charge in [-0.15, -0.1) is 10.2 Å². The van der Waals surface area contributed by atoms with Crippen LogP contribution in [0.4, 0.5) is 15.6 Å². The number of anilines is 2. The van der Waals surface area contributed by atoms with E-state index in [-0.39, 0.29) is 24.4 Å². The summed E-state index contributed by atoms with van der Waals surface area (Å²) in [6.45, 7) is 6.57. The standard InChI is InChI=1S/C19H26N6O3S/c1-13(2)17-22-23-18(29-17)21-16(26)12-20-19(27)25-10-8-24(9-11-25)14-4-6-15(28-3)7-5-14/h4-7,13H,8-12H2,1-3H3,(H,20,27)(H,21,23,26). The van der Waals surface area contributed by atoms with E-state index in [1.807, 2.05) is 38.1 Å². The van der Waals surface area contributed by atoms with Crippen LogP contribution < -0.4 is 20.3 Å². The maximum Gasteiger partial charge on any atom is 0.317 e. The van der Waals surface area contributed by atoms with E-state index in [1.54, 1.807) is 12.0 Å². The summed E-state index contributed by atoms with van der Waals surface area (Å²) >= 11 is 1.34. The van der Waals surface area contributed by atoms with Crippen molar-refractivity contribution in [3.63, 3.8) is 0 Å². The highest BCUT2D eigenvalue weighted by Crippen LogP contribution is 2.22. The first-order valence-electron chi connectivity index (χ1n) is 9.51. The van der Waals surface area contributed by atoms with E-state index in [2.05, 4.69) is 25.7 Å². The molecule has 1 aromatic carbocycles. The zero-order valence-corrected chi connectivity index (χ0v) is 17.7. The van der Waals surface area contributed by atoms with Gasteiger partial charge in [0.1, 0.15) is 10.8 Å². The second kappa shape index (κ2) is 9.55. The van der Waals surface area contributed by atoms with Crippen LogP contribution in [0.25, 0.3) is 0 Å². The molecule has 3 amide bonds. The molecule has 0 unspecified atom stereocenters. The Morgan fingerprint density at radius 2 is 1.83 bits per heavy atom. The van der Waals surface area contributed by atoms with Gasteiger partial charge in [-0.1, -0.05) is 25.2 Å². The fraction of sp³-hybridized carbons (Fsp3) is 0.474. The number of aromatic nitrogens is 2. The van der Waals surface area contributed by atoms with Gasteiger partial charge in [0.15, 0.2) is 0 Å². The minimum Gasteiger partial charge on any atom is -0.497 e. The average Bonchev–Trinajstić information content (AvgIpc) is 3.21. The summed E-state index contributed by atoms with van der Waals surface area (Å²) in [5.74, 6) is 0.759. The highest BCUT2D eigenvalue weighted by molar-refractivity contribution is 7.15. The van der Waals surface area contributed by atoms with Gasteiger partial charge >= 0.3 is 6.03 Å². The average molecular weight is 419 g/mol. The molecule has 1 aromatic heterocycles. The van der Waals surface area contributed by atoms with Crippen molar-refractivity contribution in [2.24, 2.45) is 0 Å². The molecule has 1 fully saturated rings. The van der Waals surface area contributed by atoms with Crippen LogP contribution in [0.15, 0.2) is 24.3 Å². The molecule has 2 aromatic rings. The van der Waals surface area contributed by atoms with Crippen molar-refractivity contribution in [3.05, 3.63) is 29.3 Å². The van der Waals surface area contributed by atoms with Crippen molar-refractivity contribution in [2.75, 3.05) is 50.1 Å². The summed E-state index contributed by atoms with van der Waals surface area (Å²) in [7, 11) is 1.64. The highest BCUT2D eigenvalue weighted by Gasteiger charge is 2.22. The van der Waals surface area contributed by atoms with E-state index in [9.17, 15) is 9.59 Å². The molecule has 9 nitrogen and oxygen atoms in total. The largest absolute Gasteiger partial charge is 0.497 e. The van der Waals surface area contributed by atoms with Crippen molar-refractivity contribution in [3.8, 4) is 5.75 Å². The molecule has 0 bridgehead atoms. The summed E-state index contributed by atoms with van der Waals surface area (Å²) < 4.78 is 5.18. The Hall–Kier alpha value is -2.88. The van der Waals surface area contributed by atoms with Crippen LogP contribution in [0.2, 0.25) is 0 Å². The van der Waals surface area contributed by atoms with E-state index in [0.29, 0.717) is 18.2 Å². The number of nitrogens with one attached hydrogen (secondary N) is 2. The predicted molar refractivity (Wildman–Crippen MR) is 113 cm³/mol. The van der Waals surface area contributed by atoms with Gasteiger partial charge in [0.25, 0.3) is 0 Å². The first-order chi connectivity index (χ1) is 14.0. The minimum absolute atomic E-state index is 0.103. The number of benzene rings is 1. The Morgan fingerprint density at radius 3 is 2.41 bits per heavy atom. The van der Waals surface area contributed by atoms with Gasteiger partial charge < -0.3 is 19.9 Å². The second-order valence-electron chi connectivity index (χ2n) is 6.98. The molecule has 0 atom stereocenters. The van der Waals surface area contributed by atoms with Crippen LogP contribution in [0.1, 0.15) is 24.8 Å². The molecule has 0 radical (unpaired) electrons. The molecule has 2 heterocycles. The van der Waals surface area contributed by atoms with E-state index in [1.165, 1.54) is 11.3 Å². The van der Waals surface area contributed by atoms with Gasteiger partial charge in [-0.25, -0.2) is 4.79 Å². The molecule has 0 aliphatic carbocycles. The third kappa shape index (κ3) is 5.57. The van der Waals surface area contributed by atoms with Crippen LogP contribution >= 0.6 is 11.3 Å². The normalized spacial score (nSPS) is 14.1. The number of urea groups is 1. The van der Waals surface area contributed by atoms with Gasteiger partial charge in [-0.3, -0.25) is 10.1 Å². The summed E-state index contributed by atoms with van der Waals surface area (Å²) in [5, 5.41) is 14.6. The van der Waals surface area contributed by atoms with Crippen LogP contribution in [0.5, 0.6) is 5.75 Å². The van der Waals surface area contributed by atoms with E-state index in [0.717, 1.165) is 29.5 Å². The third-order valence-electron chi connectivity index (χ3n) is 4.59. The van der Waals surface area contributed by atoms with E-state index in [4.69, 9.17) is 4.74 Å². The molecule has 1 saturated heterocycles. The highest BCUT2D eigenvalue weighted by atomic mass is 32.1. The molecule has 1 aliphatic rings.